The molecule has 5 nitrogen and oxygen atoms in total. The summed E-state index contributed by atoms with van der Waals surface area (Å²) >= 11 is 3.09. The standard InChI is InChI=1S/C14H15N3O2S2/c15-11-10-7-3-1-2-4-8(7)20-12(10)17-14(16-11)21-9-5-6-19-13(9)18/h9H,1-6H2,(H2,15,16,17)/t9-/m1/s1. The van der Waals surface area contributed by atoms with E-state index >= 15 is 0 Å². The number of carbonyl (C=O) groups excluding carboxylic acids is 1. The van der Waals surface area contributed by atoms with Gasteiger partial charge in [0.25, 0.3) is 0 Å². The van der Waals surface area contributed by atoms with Gasteiger partial charge >= 0.3 is 5.97 Å². The maximum absolute atomic E-state index is 11.6. The van der Waals surface area contributed by atoms with E-state index < -0.39 is 0 Å². The molecular weight excluding hydrogens is 306 g/mol. The lowest BCUT2D eigenvalue weighted by Crippen LogP contribution is -2.10. The second-order valence-corrected chi connectivity index (χ2v) is 7.60. The first kappa shape index (κ1) is 13.3. The fourth-order valence-electron chi connectivity index (χ4n) is 2.93. The Hall–Kier alpha value is -1.34. The number of rotatable bonds is 2. The van der Waals surface area contributed by atoms with E-state index in [2.05, 4.69) is 9.97 Å². The van der Waals surface area contributed by atoms with E-state index in [9.17, 15) is 4.79 Å². The van der Waals surface area contributed by atoms with Gasteiger partial charge in [0.15, 0.2) is 5.16 Å². The van der Waals surface area contributed by atoms with E-state index in [0.717, 1.165) is 23.1 Å². The number of thiophene rings is 1. The highest BCUT2D eigenvalue weighted by Gasteiger charge is 2.29. The lowest BCUT2D eigenvalue weighted by molar-refractivity contribution is -0.137. The average Bonchev–Trinajstić information content (AvgIpc) is 3.02. The van der Waals surface area contributed by atoms with Crippen LogP contribution in [0.4, 0.5) is 5.82 Å². The first-order chi connectivity index (χ1) is 10.2. The summed E-state index contributed by atoms with van der Waals surface area (Å²) in [5, 5.41) is 1.42. The van der Waals surface area contributed by atoms with Gasteiger partial charge in [0, 0.05) is 11.3 Å². The first-order valence-corrected chi connectivity index (χ1v) is 8.83. The molecule has 7 heteroatoms. The van der Waals surface area contributed by atoms with Crippen LogP contribution in [0.15, 0.2) is 5.16 Å². The largest absolute Gasteiger partial charge is 0.465 e. The Labute approximate surface area is 130 Å². The predicted octanol–water partition coefficient (Wildman–Crippen LogP) is 2.56. The second-order valence-electron chi connectivity index (χ2n) is 5.35. The molecule has 1 atom stereocenters. The van der Waals surface area contributed by atoms with Crippen molar-refractivity contribution in [3.05, 3.63) is 10.4 Å². The van der Waals surface area contributed by atoms with Gasteiger partial charge in [-0.15, -0.1) is 11.3 Å². The Morgan fingerprint density at radius 2 is 2.14 bits per heavy atom. The summed E-state index contributed by atoms with van der Waals surface area (Å²) in [4.78, 5) is 23.0. The van der Waals surface area contributed by atoms with Crippen LogP contribution in [0.2, 0.25) is 0 Å². The van der Waals surface area contributed by atoms with E-state index in [1.807, 2.05) is 0 Å². The number of cyclic esters (lactones) is 1. The number of nitrogen functional groups attached to an aromatic ring is 1. The number of nitrogens with two attached hydrogens (primary N) is 1. The van der Waals surface area contributed by atoms with E-state index in [1.165, 1.54) is 35.0 Å². The van der Waals surface area contributed by atoms with Gasteiger partial charge in [0.2, 0.25) is 0 Å². The van der Waals surface area contributed by atoms with Crippen molar-refractivity contribution < 1.29 is 9.53 Å². The van der Waals surface area contributed by atoms with Crippen molar-refractivity contribution in [1.82, 2.24) is 9.97 Å². The van der Waals surface area contributed by atoms with Crippen LogP contribution in [0.5, 0.6) is 0 Å². The molecule has 1 fully saturated rings. The molecule has 1 saturated heterocycles. The van der Waals surface area contributed by atoms with Crippen molar-refractivity contribution in [2.24, 2.45) is 0 Å². The summed E-state index contributed by atoms with van der Waals surface area (Å²) in [6, 6.07) is 0. The SMILES string of the molecule is Nc1nc(S[C@@H]2CCOC2=O)nc2sc3c(c12)CCCC3. The monoisotopic (exact) mass is 321 g/mol. The molecule has 1 aliphatic heterocycles. The number of carbonyl (C=O) groups is 1. The molecule has 1 aliphatic carbocycles. The zero-order chi connectivity index (χ0) is 14.4. The number of ether oxygens (including phenoxy) is 1. The van der Waals surface area contributed by atoms with E-state index in [1.54, 1.807) is 11.3 Å². The summed E-state index contributed by atoms with van der Waals surface area (Å²) in [7, 11) is 0. The van der Waals surface area contributed by atoms with Crippen molar-refractivity contribution in [2.45, 2.75) is 42.5 Å². The van der Waals surface area contributed by atoms with Crippen molar-refractivity contribution >= 4 is 45.1 Å². The van der Waals surface area contributed by atoms with Crippen molar-refractivity contribution in [3.63, 3.8) is 0 Å². The van der Waals surface area contributed by atoms with E-state index in [-0.39, 0.29) is 11.2 Å². The predicted molar refractivity (Wildman–Crippen MR) is 83.7 cm³/mol. The second kappa shape index (κ2) is 5.14. The lowest BCUT2D eigenvalue weighted by atomic mass is 9.97. The number of aromatic nitrogens is 2. The molecule has 0 radical (unpaired) electrons. The summed E-state index contributed by atoms with van der Waals surface area (Å²) < 4.78 is 4.98. The van der Waals surface area contributed by atoms with Crippen LogP contribution in [0, 0.1) is 0 Å². The summed E-state index contributed by atoms with van der Waals surface area (Å²) in [6.07, 6.45) is 5.36. The van der Waals surface area contributed by atoms with Crippen LogP contribution in [0.1, 0.15) is 29.7 Å². The maximum Gasteiger partial charge on any atom is 0.319 e. The van der Waals surface area contributed by atoms with Gasteiger partial charge in [-0.2, -0.15) is 0 Å². The molecule has 2 aromatic rings. The fraction of sp³-hybridized carbons (Fsp3) is 0.500. The Morgan fingerprint density at radius 1 is 1.29 bits per heavy atom. The van der Waals surface area contributed by atoms with Crippen molar-refractivity contribution in [3.8, 4) is 0 Å². The normalized spacial score (nSPS) is 21.5. The molecule has 0 spiro atoms. The molecule has 0 aromatic carbocycles. The molecule has 2 N–H and O–H groups in total. The van der Waals surface area contributed by atoms with Crippen LogP contribution >= 0.6 is 23.1 Å². The molecular formula is C14H15N3O2S2. The van der Waals surface area contributed by atoms with Gasteiger partial charge in [0.05, 0.1) is 12.0 Å². The molecule has 110 valence electrons. The van der Waals surface area contributed by atoms with Gasteiger partial charge in [0.1, 0.15) is 15.9 Å². The maximum atomic E-state index is 11.6. The first-order valence-electron chi connectivity index (χ1n) is 7.13. The quantitative estimate of drug-likeness (QED) is 0.676. The molecule has 0 saturated carbocycles. The number of aryl methyl sites for hydroxylation is 2. The number of hydrogen-bond donors (Lipinski definition) is 1. The number of nitrogens with zero attached hydrogens (tertiary/aromatic N) is 2. The molecule has 2 aromatic heterocycles. The number of esters is 1. The number of hydrogen-bond acceptors (Lipinski definition) is 7. The lowest BCUT2D eigenvalue weighted by Gasteiger charge is -2.11. The molecule has 0 amide bonds. The minimum absolute atomic E-state index is 0.173. The van der Waals surface area contributed by atoms with Gasteiger partial charge < -0.3 is 10.5 Å². The smallest absolute Gasteiger partial charge is 0.319 e. The minimum atomic E-state index is -0.198. The molecule has 0 unspecified atom stereocenters. The Kier molecular flexibility index (Phi) is 3.26. The number of anilines is 1. The zero-order valence-corrected chi connectivity index (χ0v) is 13.1. The van der Waals surface area contributed by atoms with Crippen LogP contribution in [0.3, 0.4) is 0 Å². The van der Waals surface area contributed by atoms with Crippen molar-refractivity contribution in [1.29, 1.82) is 0 Å². The number of thioether (sulfide) groups is 1. The van der Waals surface area contributed by atoms with Gasteiger partial charge in [-0.05, 0) is 31.2 Å². The van der Waals surface area contributed by atoms with Gasteiger partial charge in [-0.25, -0.2) is 9.97 Å². The number of fused-ring (bicyclic) bond motifs is 3. The minimum Gasteiger partial charge on any atom is -0.465 e. The fourth-order valence-corrected chi connectivity index (χ4v) is 5.18. The van der Waals surface area contributed by atoms with Crippen molar-refractivity contribution in [2.75, 3.05) is 12.3 Å². The molecule has 2 aliphatic rings. The van der Waals surface area contributed by atoms with E-state index in [0.29, 0.717) is 24.0 Å². The van der Waals surface area contributed by atoms with Crippen LogP contribution in [-0.4, -0.2) is 27.8 Å². The third-order valence-corrected chi connectivity index (χ3v) is 6.25. The summed E-state index contributed by atoms with van der Waals surface area (Å²) in [5.41, 5.74) is 7.50. The summed E-state index contributed by atoms with van der Waals surface area (Å²) in [5.74, 6) is 0.376. The highest BCUT2D eigenvalue weighted by molar-refractivity contribution is 8.00. The Balaban J connectivity index is 1.73. The highest BCUT2D eigenvalue weighted by atomic mass is 32.2. The molecule has 0 bridgehead atoms. The van der Waals surface area contributed by atoms with Gasteiger partial charge in [-0.3, -0.25) is 4.79 Å². The topological polar surface area (TPSA) is 78.1 Å². The highest BCUT2D eigenvalue weighted by Crippen LogP contribution is 2.39. The van der Waals surface area contributed by atoms with Crippen LogP contribution in [0.25, 0.3) is 10.2 Å². The third kappa shape index (κ3) is 2.28. The molecule has 3 heterocycles. The molecule has 4 rings (SSSR count). The van der Waals surface area contributed by atoms with Gasteiger partial charge in [-0.1, -0.05) is 11.8 Å². The third-order valence-electron chi connectivity index (χ3n) is 3.96. The molecule has 21 heavy (non-hydrogen) atoms. The Bertz CT molecular complexity index is 729. The van der Waals surface area contributed by atoms with E-state index in [4.69, 9.17) is 10.5 Å². The summed E-state index contributed by atoms with van der Waals surface area (Å²) in [6.45, 7) is 0.488. The zero-order valence-electron chi connectivity index (χ0n) is 11.4. The average molecular weight is 321 g/mol. The van der Waals surface area contributed by atoms with Crippen LogP contribution < -0.4 is 5.73 Å². The Morgan fingerprint density at radius 3 is 2.95 bits per heavy atom. The van der Waals surface area contributed by atoms with Crippen LogP contribution in [-0.2, 0) is 22.4 Å².